The number of ether oxygens (including phenoxy) is 5. The highest BCUT2D eigenvalue weighted by molar-refractivity contribution is 7.90. The van der Waals surface area contributed by atoms with Gasteiger partial charge in [-0.05, 0) is 80.1 Å². The number of amides is 4. The minimum Gasteiger partial charge on any atom is -0.493 e. The zero-order chi connectivity index (χ0) is 54.9. The van der Waals surface area contributed by atoms with Crippen molar-refractivity contribution < 1.29 is 73.4 Å². The Morgan fingerprint density at radius 2 is 1.13 bits per heavy atom. The second kappa shape index (κ2) is 27.3. The first-order valence-corrected chi connectivity index (χ1v) is 24.7. The fourth-order valence-electron chi connectivity index (χ4n) is 6.41. The molecule has 4 amide bonds. The molecule has 0 saturated heterocycles. The summed E-state index contributed by atoms with van der Waals surface area (Å²) in [5.74, 6) is -3.66. The second-order valence-corrected chi connectivity index (χ2v) is 18.8. The van der Waals surface area contributed by atoms with E-state index in [1.807, 2.05) is 13.8 Å². The molecule has 2 aliphatic rings. The lowest BCUT2D eigenvalue weighted by Gasteiger charge is -2.27. The number of cyclic esters (lactones) is 2. The topological polar surface area (TPSA) is 296 Å². The summed E-state index contributed by atoms with van der Waals surface area (Å²) in [7, 11) is -3.02. The number of rotatable bonds is 15. The molecule has 2 atom stereocenters. The van der Waals surface area contributed by atoms with E-state index < -0.39 is 72.9 Å². The van der Waals surface area contributed by atoms with Gasteiger partial charge in [-0.3, -0.25) is 24.1 Å². The van der Waals surface area contributed by atoms with Crippen molar-refractivity contribution in [3.8, 4) is 23.0 Å². The van der Waals surface area contributed by atoms with Gasteiger partial charge in [0.05, 0.1) is 81.3 Å². The average Bonchev–Trinajstić information content (AvgIpc) is 3.73. The lowest BCUT2D eigenvalue weighted by Crippen LogP contribution is -2.37. The molecule has 384 valence electrons. The van der Waals surface area contributed by atoms with Crippen molar-refractivity contribution in [2.24, 2.45) is 11.5 Å². The number of methoxy groups -OCH3 is 2. The van der Waals surface area contributed by atoms with Crippen LogP contribution in [0.5, 0.6) is 23.0 Å². The maximum Gasteiger partial charge on any atom is 0.349 e. The molecule has 0 unspecified atom stereocenters. The Bertz CT molecular complexity index is 2870. The van der Waals surface area contributed by atoms with E-state index in [-0.39, 0.29) is 59.2 Å². The molecule has 6 N–H and O–H groups in total. The Balaban J connectivity index is 0.000000564. The molecule has 0 spiro atoms. The molecule has 22 heteroatoms. The van der Waals surface area contributed by atoms with Gasteiger partial charge in [0.15, 0.2) is 23.0 Å². The number of hydrogen-bond donors (Lipinski definition) is 4. The van der Waals surface area contributed by atoms with Crippen molar-refractivity contribution in [1.82, 2.24) is 4.90 Å². The average molecular weight is 1020 g/mol. The summed E-state index contributed by atoms with van der Waals surface area (Å²) in [5.41, 5.74) is 11.6. The summed E-state index contributed by atoms with van der Waals surface area (Å²) in [5, 5.41) is 4.97. The van der Waals surface area contributed by atoms with Crippen LogP contribution in [-0.4, -0.2) is 115 Å². The van der Waals surface area contributed by atoms with Crippen LogP contribution in [-0.2, 0) is 34.0 Å². The minimum absolute atomic E-state index is 0. The van der Waals surface area contributed by atoms with Crippen LogP contribution < -0.4 is 41.0 Å². The predicted molar refractivity (Wildman–Crippen MR) is 267 cm³/mol. The number of anilines is 2. The van der Waals surface area contributed by atoms with Crippen molar-refractivity contribution in [3.63, 3.8) is 0 Å². The van der Waals surface area contributed by atoms with Gasteiger partial charge in [0, 0.05) is 33.7 Å². The van der Waals surface area contributed by atoms with Gasteiger partial charge in [0.25, 0.3) is 11.8 Å². The molecule has 2 aliphatic heterocycles. The molecule has 20 nitrogen and oxygen atoms in total. The van der Waals surface area contributed by atoms with Gasteiger partial charge in [-0.25, -0.2) is 26.4 Å². The Labute approximate surface area is 414 Å². The van der Waals surface area contributed by atoms with E-state index in [1.165, 1.54) is 77.9 Å². The third kappa shape index (κ3) is 16.7. The number of imide groups is 1. The monoisotopic (exact) mass is 1020 g/mol. The Morgan fingerprint density at radius 1 is 0.686 bits per heavy atom. The predicted octanol–water partition coefficient (Wildman–Crippen LogP) is 5.77. The van der Waals surface area contributed by atoms with Crippen molar-refractivity contribution in [3.05, 3.63) is 106 Å². The van der Waals surface area contributed by atoms with Crippen LogP contribution in [0, 0.1) is 0 Å². The van der Waals surface area contributed by atoms with E-state index in [0.717, 1.165) is 19.1 Å². The molecule has 0 aromatic heterocycles. The van der Waals surface area contributed by atoms with Crippen LogP contribution >= 0.6 is 0 Å². The fourth-order valence-corrected chi connectivity index (χ4v) is 7.94. The maximum atomic E-state index is 13.4. The minimum atomic E-state index is -3.85. The molecule has 4 aromatic carbocycles. The number of nitrogens with zero attached hydrogens (tertiary/aromatic N) is 1. The number of fused-ring (bicyclic) bond motifs is 2. The molecule has 0 saturated carbocycles. The van der Waals surface area contributed by atoms with E-state index >= 15 is 0 Å². The van der Waals surface area contributed by atoms with Crippen LogP contribution in [0.15, 0.2) is 72.8 Å². The van der Waals surface area contributed by atoms with Crippen LogP contribution in [0.1, 0.15) is 118 Å². The third-order valence-electron chi connectivity index (χ3n) is 8.93. The number of sulfone groups is 2. The van der Waals surface area contributed by atoms with Crippen LogP contribution in [0.4, 0.5) is 11.4 Å². The summed E-state index contributed by atoms with van der Waals surface area (Å²) in [6, 6.07) is 13.9. The molecule has 0 radical (unpaired) electrons. The van der Waals surface area contributed by atoms with E-state index in [2.05, 4.69) is 15.4 Å². The van der Waals surface area contributed by atoms with Crippen molar-refractivity contribution in [2.75, 3.05) is 68.6 Å². The molecule has 2 heterocycles. The number of nitrogens with two attached hydrogens (primary N) is 2. The molecule has 6 rings (SSSR count). The summed E-state index contributed by atoms with van der Waals surface area (Å²) >= 11 is 0. The number of nitrogens with one attached hydrogen (secondary N) is 2. The van der Waals surface area contributed by atoms with Crippen LogP contribution in [0.25, 0.3) is 0 Å². The number of carbonyl (C=O) groups is 6. The van der Waals surface area contributed by atoms with Gasteiger partial charge >= 0.3 is 11.9 Å². The van der Waals surface area contributed by atoms with Gasteiger partial charge in [0.1, 0.15) is 19.7 Å². The molecule has 0 fully saturated rings. The Hall–Kier alpha value is -6.88. The van der Waals surface area contributed by atoms with Crippen molar-refractivity contribution in [2.45, 2.75) is 61.5 Å². The highest BCUT2D eigenvalue weighted by Gasteiger charge is 2.43. The van der Waals surface area contributed by atoms with Crippen molar-refractivity contribution in [1.29, 1.82) is 0 Å². The van der Waals surface area contributed by atoms with Gasteiger partial charge in [-0.15, -0.1) is 0 Å². The SMILES string of the molecule is C.CC(=O)Nc1cccc2c1C(=O)OC2=O.CCN.[2H]C.[2H][C@@](CS(C)(=O)=O)(c1ccc(OC)c(OCC)c1)N1C(=O)c2cccc(NC(C)=O)c2C1=O.[2H][C@@](N)(CS(C)(=O)=O)c1ccc(OC)c(OCC)c1. The second-order valence-electron chi connectivity index (χ2n) is 14.6. The first kappa shape index (κ1) is 55.7. The number of benzene rings is 4. The van der Waals surface area contributed by atoms with Crippen LogP contribution in [0.3, 0.4) is 0 Å². The van der Waals surface area contributed by atoms with E-state index in [1.54, 1.807) is 37.3 Å². The lowest BCUT2D eigenvalue weighted by atomic mass is 10.1. The van der Waals surface area contributed by atoms with Gasteiger partial charge < -0.3 is 45.8 Å². The molecule has 4 aromatic rings. The fraction of sp³-hybridized carbons (Fsp3) is 0.375. The van der Waals surface area contributed by atoms with Gasteiger partial charge in [-0.1, -0.05) is 46.0 Å². The van der Waals surface area contributed by atoms with E-state index in [4.69, 9.17) is 34.5 Å². The van der Waals surface area contributed by atoms with Gasteiger partial charge in [0.2, 0.25) is 11.8 Å². The maximum absolute atomic E-state index is 13.4. The molecular formula is C48H65N5O15S2. The normalized spacial score (nSPS) is 14.4. The van der Waals surface area contributed by atoms with Crippen molar-refractivity contribution >= 4 is 66.6 Å². The summed E-state index contributed by atoms with van der Waals surface area (Å²) in [6.07, 6.45) is 1.97. The molecule has 0 aliphatic carbocycles. The Kier molecular flexibility index (Phi) is 21.8. The van der Waals surface area contributed by atoms with Gasteiger partial charge in [-0.2, -0.15) is 0 Å². The molecule has 70 heavy (non-hydrogen) atoms. The highest BCUT2D eigenvalue weighted by atomic mass is 32.2. The lowest BCUT2D eigenvalue weighted by molar-refractivity contribution is -0.115. The first-order chi connectivity index (χ1) is 33.6. The molecular weight excluding hydrogens is 951 g/mol. The summed E-state index contributed by atoms with van der Waals surface area (Å²) < 4.78 is 95.8. The number of hydrogen-bond acceptors (Lipinski definition) is 17. The smallest absolute Gasteiger partial charge is 0.349 e. The zero-order valence-corrected chi connectivity index (χ0v) is 41.6. The third-order valence-corrected chi connectivity index (χ3v) is 10.6. The Morgan fingerprint density at radius 3 is 1.57 bits per heavy atom. The standard InChI is InChI=1S/C22H24N2O7S.C12H19NO4S.C10H7NO4.C2H7N.2CH4/c1-5-31-19-11-14(9-10-18(19)30-3)17(12-32(4,28)29)24-21(26)15-7-6-8-16(23-13(2)25)20(15)22(24)27;1-4-17-12-7-9(5-6-11(12)16-2)10(13)8-18(3,14)15;1-5(12)11-7-4-2-3-6-8(7)10(14)15-9(6)13;1-2-3;;/h6-11,17H,5,12H2,1-4H3,(H,23,25);5-7,10H,4,8,13H2,1-3H3;2-4H,1H3,(H,11,12);2-3H2,1H3;2*1H4/t17-;10-;;;;/m11..../s1/i17D;10D;;;1D;. The van der Waals surface area contributed by atoms with E-state index in [0.29, 0.717) is 40.0 Å². The molecule has 0 bridgehead atoms. The first-order valence-electron chi connectivity index (χ1n) is 22.6. The van der Waals surface area contributed by atoms with Crippen LogP contribution in [0.2, 0.25) is 0 Å². The summed E-state index contributed by atoms with van der Waals surface area (Å²) in [4.78, 5) is 72.2. The largest absolute Gasteiger partial charge is 0.493 e. The quantitative estimate of drug-likeness (QED) is 0.0624. The highest BCUT2D eigenvalue weighted by Crippen LogP contribution is 2.39. The summed E-state index contributed by atoms with van der Waals surface area (Å²) in [6.45, 7) is 9.49. The van der Waals surface area contributed by atoms with E-state index in [9.17, 15) is 45.6 Å². The number of carbonyl (C=O) groups excluding carboxylic acids is 6. The zero-order valence-electron chi connectivity index (χ0n) is 43.0. The number of esters is 2.